The average molecular weight is 308 g/mol. The molecule has 2 atom stereocenters. The Morgan fingerprint density at radius 3 is 2.46 bits per heavy atom. The van der Waals surface area contributed by atoms with Gasteiger partial charge in [0.25, 0.3) is 0 Å². The monoisotopic (exact) mass is 306 g/mol. The molecule has 2 unspecified atom stereocenters. The number of halogens is 2. The Morgan fingerprint density at radius 1 is 0.923 bits per heavy atom. The van der Waals surface area contributed by atoms with Crippen LogP contribution < -0.4 is 0 Å². The summed E-state index contributed by atoms with van der Waals surface area (Å²) in [5.41, 5.74) is 0. The summed E-state index contributed by atoms with van der Waals surface area (Å²) in [6.45, 7) is 0. The van der Waals surface area contributed by atoms with Crippen LogP contribution >= 0.6 is 31.9 Å². The van der Waals surface area contributed by atoms with Crippen molar-refractivity contribution in [3.8, 4) is 0 Å². The predicted molar refractivity (Wildman–Crippen MR) is 64.4 cm³/mol. The fourth-order valence-electron chi connectivity index (χ4n) is 2.39. The molecule has 74 valence electrons. The Kier molecular flexibility index (Phi) is 3.19. The van der Waals surface area contributed by atoms with Crippen LogP contribution in [0, 0.1) is 11.8 Å². The Labute approximate surface area is 97.4 Å². The van der Waals surface area contributed by atoms with E-state index in [1.165, 1.54) is 38.5 Å². The molecule has 0 N–H and O–H groups in total. The Hall–Kier alpha value is 0.700. The number of alkyl halides is 2. The molecular weight excluding hydrogens is 292 g/mol. The molecule has 2 heteroatoms. The van der Waals surface area contributed by atoms with Crippen LogP contribution in [-0.2, 0) is 0 Å². The minimum Gasteiger partial charge on any atom is -0.0885 e. The lowest BCUT2D eigenvalue weighted by molar-refractivity contribution is 0.566. The summed E-state index contributed by atoms with van der Waals surface area (Å²) < 4.78 is 0.304. The van der Waals surface area contributed by atoms with Gasteiger partial charge in [0.2, 0.25) is 0 Å². The second-order valence-corrected chi connectivity index (χ2v) is 7.91. The molecule has 0 aromatic rings. The maximum absolute atomic E-state index is 3.79. The molecule has 0 saturated heterocycles. The topological polar surface area (TPSA) is 0 Å². The van der Waals surface area contributed by atoms with Crippen LogP contribution in [0.2, 0.25) is 0 Å². The van der Waals surface area contributed by atoms with Crippen molar-refractivity contribution in [1.29, 1.82) is 0 Å². The quantitative estimate of drug-likeness (QED) is 0.452. The van der Waals surface area contributed by atoms with Gasteiger partial charge in [-0.3, -0.25) is 0 Å². The summed E-state index contributed by atoms with van der Waals surface area (Å²) in [5, 5.41) is 0. The van der Waals surface area contributed by atoms with Gasteiger partial charge in [-0.25, -0.2) is 0 Å². The van der Waals surface area contributed by atoms with Gasteiger partial charge in [0, 0.05) is 0 Å². The highest BCUT2D eigenvalue weighted by Gasteiger charge is 2.59. The summed E-state index contributed by atoms with van der Waals surface area (Å²) in [7, 11) is 0. The molecule has 0 heterocycles. The third-order valence-electron chi connectivity index (χ3n) is 3.31. The van der Waals surface area contributed by atoms with Crippen molar-refractivity contribution < 1.29 is 0 Å². The van der Waals surface area contributed by atoms with E-state index >= 15 is 0 Å². The number of hydrogen-bond acceptors (Lipinski definition) is 0. The number of allylic oxidation sites excluding steroid dienone is 2. The van der Waals surface area contributed by atoms with Crippen molar-refractivity contribution in [2.24, 2.45) is 11.8 Å². The molecule has 13 heavy (non-hydrogen) atoms. The van der Waals surface area contributed by atoms with Gasteiger partial charge in [-0.2, -0.15) is 0 Å². The Morgan fingerprint density at radius 2 is 1.62 bits per heavy atom. The first-order valence-corrected chi connectivity index (χ1v) is 6.84. The van der Waals surface area contributed by atoms with Gasteiger partial charge in [-0.1, -0.05) is 50.4 Å². The lowest BCUT2D eigenvalue weighted by atomic mass is 10.1. The molecule has 0 nitrogen and oxygen atoms in total. The van der Waals surface area contributed by atoms with E-state index in [2.05, 4.69) is 44.0 Å². The van der Waals surface area contributed by atoms with E-state index in [9.17, 15) is 0 Å². The van der Waals surface area contributed by atoms with Crippen molar-refractivity contribution in [3.05, 3.63) is 12.2 Å². The molecule has 1 fully saturated rings. The van der Waals surface area contributed by atoms with Crippen molar-refractivity contribution in [1.82, 2.24) is 0 Å². The molecule has 0 bridgehead atoms. The number of rotatable bonds is 0. The number of hydrogen-bond donors (Lipinski definition) is 0. The fourth-order valence-corrected chi connectivity index (χ4v) is 4.31. The maximum atomic E-state index is 3.79. The highest BCUT2D eigenvalue weighted by atomic mass is 79.9. The molecular formula is C11H16Br2. The van der Waals surface area contributed by atoms with Crippen LogP contribution in [0.5, 0.6) is 0 Å². The van der Waals surface area contributed by atoms with Gasteiger partial charge in [-0.05, 0) is 43.9 Å². The predicted octanol–water partition coefficient (Wildman–Crippen LogP) is 4.63. The highest BCUT2D eigenvalue weighted by Crippen LogP contribution is 2.65. The molecule has 0 amide bonds. The van der Waals surface area contributed by atoms with Crippen LogP contribution in [0.3, 0.4) is 0 Å². The minimum absolute atomic E-state index is 0.304. The molecule has 0 spiro atoms. The minimum atomic E-state index is 0.304. The Balaban J connectivity index is 1.93. The summed E-state index contributed by atoms with van der Waals surface area (Å²) in [5.74, 6) is 1.76. The van der Waals surface area contributed by atoms with Crippen molar-refractivity contribution in [3.63, 3.8) is 0 Å². The average Bonchev–Trinajstić information content (AvgIpc) is 2.63. The summed E-state index contributed by atoms with van der Waals surface area (Å²) in [4.78, 5) is 0. The lowest BCUT2D eigenvalue weighted by Gasteiger charge is -2.00. The normalized spacial score (nSPS) is 40.5. The molecule has 2 aliphatic carbocycles. The summed E-state index contributed by atoms with van der Waals surface area (Å²) in [6, 6.07) is 0. The SMILES string of the molecule is BrC1(Br)C2CC/C=C/CCCCC21. The fraction of sp³-hybridized carbons (Fsp3) is 0.818. The molecule has 1 saturated carbocycles. The van der Waals surface area contributed by atoms with Crippen molar-refractivity contribution in [2.45, 2.75) is 41.8 Å². The van der Waals surface area contributed by atoms with Gasteiger partial charge >= 0.3 is 0 Å². The standard InChI is InChI=1S/C11H16Br2/c12-11(13)9-7-5-3-1-2-4-6-8-10(9)11/h1,3,9-10H,2,4-8H2/b3-1+. The van der Waals surface area contributed by atoms with E-state index in [1.54, 1.807) is 0 Å². The van der Waals surface area contributed by atoms with E-state index < -0.39 is 0 Å². The molecule has 2 aliphatic rings. The van der Waals surface area contributed by atoms with E-state index in [4.69, 9.17) is 0 Å². The van der Waals surface area contributed by atoms with Gasteiger partial charge < -0.3 is 0 Å². The van der Waals surface area contributed by atoms with Crippen LogP contribution in [0.25, 0.3) is 0 Å². The van der Waals surface area contributed by atoms with Crippen molar-refractivity contribution in [2.75, 3.05) is 0 Å². The summed E-state index contributed by atoms with van der Waals surface area (Å²) >= 11 is 7.58. The van der Waals surface area contributed by atoms with Gasteiger partial charge in [0.15, 0.2) is 0 Å². The van der Waals surface area contributed by atoms with E-state index in [0.717, 1.165) is 11.8 Å². The molecule has 0 radical (unpaired) electrons. The second kappa shape index (κ2) is 4.06. The molecule has 0 aliphatic heterocycles. The first-order chi connectivity index (χ1) is 6.23. The number of fused-ring (bicyclic) bond motifs is 1. The van der Waals surface area contributed by atoms with E-state index in [0.29, 0.717) is 3.23 Å². The first kappa shape index (κ1) is 10.2. The second-order valence-electron chi connectivity index (χ2n) is 4.22. The lowest BCUT2D eigenvalue weighted by Crippen LogP contribution is -1.88. The Bertz CT molecular complexity index is 208. The van der Waals surface area contributed by atoms with Gasteiger partial charge in [0.05, 0.1) is 3.23 Å². The third-order valence-corrected chi connectivity index (χ3v) is 5.66. The van der Waals surface area contributed by atoms with Gasteiger partial charge in [-0.15, -0.1) is 0 Å². The first-order valence-electron chi connectivity index (χ1n) is 5.25. The van der Waals surface area contributed by atoms with Crippen LogP contribution in [-0.4, -0.2) is 3.23 Å². The zero-order chi connectivity index (χ0) is 9.31. The zero-order valence-electron chi connectivity index (χ0n) is 7.81. The van der Waals surface area contributed by atoms with Crippen LogP contribution in [0.1, 0.15) is 38.5 Å². The maximum Gasteiger partial charge on any atom is 0.0868 e. The third kappa shape index (κ3) is 2.20. The largest absolute Gasteiger partial charge is 0.0885 e. The molecule has 2 rings (SSSR count). The smallest absolute Gasteiger partial charge is 0.0868 e. The highest BCUT2D eigenvalue weighted by molar-refractivity contribution is 9.25. The van der Waals surface area contributed by atoms with Crippen molar-refractivity contribution >= 4 is 31.9 Å². The molecule has 0 aromatic carbocycles. The van der Waals surface area contributed by atoms with Crippen LogP contribution in [0.15, 0.2) is 12.2 Å². The van der Waals surface area contributed by atoms with E-state index in [1.807, 2.05) is 0 Å². The van der Waals surface area contributed by atoms with Crippen LogP contribution in [0.4, 0.5) is 0 Å². The van der Waals surface area contributed by atoms with E-state index in [-0.39, 0.29) is 0 Å². The summed E-state index contributed by atoms with van der Waals surface area (Å²) in [6.07, 6.45) is 12.8. The molecule has 0 aromatic heterocycles. The zero-order valence-corrected chi connectivity index (χ0v) is 11.0. The van der Waals surface area contributed by atoms with Gasteiger partial charge in [0.1, 0.15) is 0 Å².